The highest BCUT2D eigenvalue weighted by atomic mass is 32.1. The molecule has 0 aliphatic carbocycles. The molecule has 0 fully saturated rings. The number of benzene rings is 8. The Hall–Kier alpha value is -7.15. The summed E-state index contributed by atoms with van der Waals surface area (Å²) in [6, 6.07) is 59.5. The van der Waals surface area contributed by atoms with Crippen molar-refractivity contribution in [2.75, 3.05) is 0 Å². The zero-order valence-electron chi connectivity index (χ0n) is 29.3. The molecule has 0 aliphatic heterocycles. The molecule has 4 heterocycles. The number of thiophene rings is 1. The molecule has 0 saturated heterocycles. The van der Waals surface area contributed by atoms with Crippen LogP contribution in [0.15, 0.2) is 174 Å². The first kappa shape index (κ1) is 30.3. The normalized spacial score (nSPS) is 12.0. The van der Waals surface area contributed by atoms with Crippen molar-refractivity contribution in [3.63, 3.8) is 0 Å². The van der Waals surface area contributed by atoms with Crippen LogP contribution in [0.2, 0.25) is 0 Å². The number of nitrogens with zero attached hydrogens (tertiary/aromatic N) is 4. The fourth-order valence-electron chi connectivity index (χ4n) is 8.38. The van der Waals surface area contributed by atoms with Gasteiger partial charge in [-0.1, -0.05) is 133 Å². The lowest BCUT2D eigenvalue weighted by Crippen LogP contribution is -2.00. The summed E-state index contributed by atoms with van der Waals surface area (Å²) in [6.45, 7) is 0. The molecule has 0 atom stereocenters. The Labute approximate surface area is 318 Å². The third-order valence-electron chi connectivity index (χ3n) is 10.8. The second kappa shape index (κ2) is 11.7. The van der Waals surface area contributed by atoms with Crippen LogP contribution in [0.4, 0.5) is 0 Å². The van der Waals surface area contributed by atoms with Gasteiger partial charge in [0.25, 0.3) is 0 Å². The van der Waals surface area contributed by atoms with Gasteiger partial charge in [-0.2, -0.15) is 0 Å². The van der Waals surface area contributed by atoms with Gasteiger partial charge in [0.05, 0.1) is 16.7 Å². The Bertz CT molecular complexity index is 3430. The molecule has 256 valence electrons. The van der Waals surface area contributed by atoms with Crippen LogP contribution in [0.25, 0.3) is 115 Å². The van der Waals surface area contributed by atoms with Crippen molar-refractivity contribution in [1.82, 2.24) is 19.5 Å². The molecule has 12 aromatic rings. The van der Waals surface area contributed by atoms with E-state index in [-0.39, 0.29) is 0 Å². The summed E-state index contributed by atoms with van der Waals surface area (Å²) in [5.41, 5.74) is 7.81. The van der Waals surface area contributed by atoms with Gasteiger partial charge in [-0.15, -0.1) is 11.3 Å². The predicted octanol–water partition coefficient (Wildman–Crippen LogP) is 13.4. The van der Waals surface area contributed by atoms with E-state index in [4.69, 9.17) is 19.4 Å². The Balaban J connectivity index is 1.18. The minimum Gasteiger partial charge on any atom is -0.455 e. The van der Waals surface area contributed by atoms with Crippen molar-refractivity contribution >= 4 is 86.0 Å². The third kappa shape index (κ3) is 4.55. The first-order valence-electron chi connectivity index (χ1n) is 18.4. The van der Waals surface area contributed by atoms with E-state index >= 15 is 0 Å². The molecule has 0 aliphatic rings. The van der Waals surface area contributed by atoms with E-state index in [9.17, 15) is 0 Å². The van der Waals surface area contributed by atoms with E-state index in [0.717, 1.165) is 60.6 Å². The zero-order valence-corrected chi connectivity index (χ0v) is 30.1. The molecule has 8 aromatic carbocycles. The summed E-state index contributed by atoms with van der Waals surface area (Å²) in [5, 5.41) is 9.21. The topological polar surface area (TPSA) is 56.7 Å². The van der Waals surface area contributed by atoms with Crippen LogP contribution in [0.3, 0.4) is 0 Å². The smallest absolute Gasteiger partial charge is 0.164 e. The first-order chi connectivity index (χ1) is 27.3. The van der Waals surface area contributed by atoms with Crippen molar-refractivity contribution in [2.45, 2.75) is 0 Å². The minimum atomic E-state index is 0.597. The van der Waals surface area contributed by atoms with Crippen LogP contribution in [0.1, 0.15) is 0 Å². The maximum Gasteiger partial charge on any atom is 0.164 e. The zero-order chi connectivity index (χ0) is 36.0. The Kier molecular flexibility index (Phi) is 6.44. The molecule has 12 rings (SSSR count). The molecule has 0 N–H and O–H groups in total. The second-order valence-electron chi connectivity index (χ2n) is 14.0. The Morgan fingerprint density at radius 2 is 1.05 bits per heavy atom. The highest BCUT2D eigenvalue weighted by Gasteiger charge is 2.23. The lowest BCUT2D eigenvalue weighted by Gasteiger charge is -2.13. The van der Waals surface area contributed by atoms with Crippen molar-refractivity contribution in [2.24, 2.45) is 0 Å². The molecule has 55 heavy (non-hydrogen) atoms. The molecule has 0 unspecified atom stereocenters. The van der Waals surface area contributed by atoms with Gasteiger partial charge in [-0.25, -0.2) is 15.0 Å². The quantitative estimate of drug-likeness (QED) is 0.182. The van der Waals surface area contributed by atoms with E-state index in [2.05, 4.69) is 102 Å². The SMILES string of the molecule is c1ccc(-c2nc(-c3ccccc3)nc(-c3cccc4oc5c6ccccc6c(-n6c7ccccc7c7cc8c(cc76)sc6ccccc68)cc5c34)n2)cc1. The molecule has 6 heteroatoms. The van der Waals surface area contributed by atoms with Gasteiger partial charge in [-0.3, -0.25) is 0 Å². The lowest BCUT2D eigenvalue weighted by atomic mass is 10.0. The maximum atomic E-state index is 6.82. The van der Waals surface area contributed by atoms with Crippen molar-refractivity contribution in [3.05, 3.63) is 170 Å². The van der Waals surface area contributed by atoms with Gasteiger partial charge < -0.3 is 8.98 Å². The Morgan fingerprint density at radius 1 is 0.418 bits per heavy atom. The van der Waals surface area contributed by atoms with Crippen LogP contribution < -0.4 is 0 Å². The number of furan rings is 1. The van der Waals surface area contributed by atoms with Gasteiger partial charge in [0.15, 0.2) is 17.5 Å². The highest BCUT2D eigenvalue weighted by molar-refractivity contribution is 7.25. The lowest BCUT2D eigenvalue weighted by molar-refractivity contribution is 0.672. The van der Waals surface area contributed by atoms with Gasteiger partial charge >= 0.3 is 0 Å². The van der Waals surface area contributed by atoms with Crippen LogP contribution in [-0.4, -0.2) is 19.5 Å². The number of hydrogen-bond donors (Lipinski definition) is 0. The van der Waals surface area contributed by atoms with Crippen LogP contribution in [0, 0.1) is 0 Å². The van der Waals surface area contributed by atoms with Gasteiger partial charge in [0.2, 0.25) is 0 Å². The fraction of sp³-hybridized carbons (Fsp3) is 0. The van der Waals surface area contributed by atoms with Crippen LogP contribution >= 0.6 is 11.3 Å². The standard InChI is InChI=1S/C49H28N4OS/c1-3-14-29(15-4-1)47-50-48(30-16-5-2-6-17-30)52-49(51-47)35-22-13-24-42-45(35)38-27-40(31-18-7-8-21-34(31)46(38)54-42)53-39-23-11-9-19-32(39)36-26-37-33-20-10-12-25-43(33)55-44(37)28-41(36)53/h1-28H. The van der Waals surface area contributed by atoms with E-state index < -0.39 is 0 Å². The average Bonchev–Trinajstić information content (AvgIpc) is 3.92. The van der Waals surface area contributed by atoms with E-state index in [0.29, 0.717) is 17.5 Å². The first-order valence-corrected chi connectivity index (χ1v) is 19.2. The van der Waals surface area contributed by atoms with Crippen molar-refractivity contribution in [3.8, 4) is 39.9 Å². The summed E-state index contributed by atoms with van der Waals surface area (Å²) in [4.78, 5) is 15.2. The summed E-state index contributed by atoms with van der Waals surface area (Å²) in [5.74, 6) is 1.84. The van der Waals surface area contributed by atoms with Gasteiger partial charge in [-0.05, 0) is 36.4 Å². The fourth-order valence-corrected chi connectivity index (χ4v) is 9.50. The number of rotatable bonds is 4. The molecule has 5 nitrogen and oxygen atoms in total. The third-order valence-corrected chi connectivity index (χ3v) is 12.0. The maximum absolute atomic E-state index is 6.82. The number of fused-ring (bicyclic) bond motifs is 11. The second-order valence-corrected chi connectivity index (χ2v) is 15.0. The summed E-state index contributed by atoms with van der Waals surface area (Å²) < 4.78 is 11.8. The predicted molar refractivity (Wildman–Crippen MR) is 228 cm³/mol. The molecule has 0 amide bonds. The molecule has 0 spiro atoms. The largest absolute Gasteiger partial charge is 0.455 e. The summed E-state index contributed by atoms with van der Waals surface area (Å²) >= 11 is 1.85. The van der Waals surface area contributed by atoms with E-state index in [1.807, 2.05) is 84.1 Å². The minimum absolute atomic E-state index is 0.597. The average molecular weight is 721 g/mol. The molecule has 0 bridgehead atoms. The summed E-state index contributed by atoms with van der Waals surface area (Å²) in [7, 11) is 0. The van der Waals surface area contributed by atoms with E-state index in [1.54, 1.807) is 0 Å². The molecule has 4 aromatic heterocycles. The molecular weight excluding hydrogens is 693 g/mol. The number of aromatic nitrogens is 4. The molecule has 0 saturated carbocycles. The number of para-hydroxylation sites is 1. The molecular formula is C49H28N4OS. The van der Waals surface area contributed by atoms with Gasteiger partial charge in [0.1, 0.15) is 11.2 Å². The summed E-state index contributed by atoms with van der Waals surface area (Å²) in [6.07, 6.45) is 0. The molecule has 0 radical (unpaired) electrons. The van der Waals surface area contributed by atoms with Crippen molar-refractivity contribution < 1.29 is 4.42 Å². The van der Waals surface area contributed by atoms with Gasteiger partial charge in [0, 0.05) is 69.2 Å². The monoisotopic (exact) mass is 720 g/mol. The van der Waals surface area contributed by atoms with Crippen LogP contribution in [-0.2, 0) is 0 Å². The number of hydrogen-bond acceptors (Lipinski definition) is 5. The van der Waals surface area contributed by atoms with Crippen molar-refractivity contribution in [1.29, 1.82) is 0 Å². The Morgan fingerprint density at radius 3 is 1.82 bits per heavy atom. The highest BCUT2D eigenvalue weighted by Crippen LogP contribution is 2.45. The van der Waals surface area contributed by atoms with E-state index in [1.165, 1.54) is 36.5 Å². The van der Waals surface area contributed by atoms with Crippen LogP contribution in [0.5, 0.6) is 0 Å².